The minimum atomic E-state index is 0.336. The van der Waals surface area contributed by atoms with E-state index in [2.05, 4.69) is 165 Å². The van der Waals surface area contributed by atoms with Crippen molar-refractivity contribution < 1.29 is 0 Å². The van der Waals surface area contributed by atoms with Crippen molar-refractivity contribution >= 4 is 17.1 Å². The fourth-order valence-corrected chi connectivity index (χ4v) is 4.92. The summed E-state index contributed by atoms with van der Waals surface area (Å²) in [5, 5.41) is 3.65. The largest absolute Gasteiger partial charge is 0.382 e. The Bertz CT molecular complexity index is 1450. The van der Waals surface area contributed by atoms with Crippen molar-refractivity contribution in [3.05, 3.63) is 121 Å². The van der Waals surface area contributed by atoms with Crippen LogP contribution in [0.3, 0.4) is 0 Å². The van der Waals surface area contributed by atoms with Crippen molar-refractivity contribution in [3.63, 3.8) is 0 Å². The summed E-state index contributed by atoms with van der Waals surface area (Å²) in [6, 6.07) is 41.3. The van der Waals surface area contributed by atoms with Gasteiger partial charge in [0.1, 0.15) is 0 Å². The summed E-state index contributed by atoms with van der Waals surface area (Å²) in [7, 11) is 8.24. The number of anilines is 3. The van der Waals surface area contributed by atoms with Crippen LogP contribution in [0.4, 0.5) is 17.1 Å². The molecule has 0 aliphatic rings. The Hall–Kier alpha value is -4.57. The summed E-state index contributed by atoms with van der Waals surface area (Å²) < 4.78 is 0. The van der Waals surface area contributed by atoms with E-state index in [1.807, 2.05) is 0 Å². The number of nitrogens with one attached hydrogen (secondary N) is 1. The Morgan fingerprint density at radius 1 is 0.575 bits per heavy atom. The average molecular weight is 527 g/mol. The molecule has 40 heavy (non-hydrogen) atoms. The molecule has 0 saturated carbocycles. The highest BCUT2D eigenvalue weighted by atomic mass is 15.1. The van der Waals surface area contributed by atoms with Gasteiger partial charge in [0, 0.05) is 62.4 Å². The molecular formula is C36H38N4. The summed E-state index contributed by atoms with van der Waals surface area (Å²) >= 11 is 0. The molecular weight excluding hydrogens is 488 g/mol. The van der Waals surface area contributed by atoms with E-state index >= 15 is 0 Å². The Balaban J connectivity index is 1.45. The number of rotatable bonds is 9. The van der Waals surface area contributed by atoms with Crippen LogP contribution in [0, 0.1) is 0 Å². The lowest BCUT2D eigenvalue weighted by atomic mass is 9.99. The molecule has 0 aliphatic carbocycles. The molecule has 0 spiro atoms. The minimum Gasteiger partial charge on any atom is -0.382 e. The molecule has 5 aromatic rings. The first kappa shape index (κ1) is 27.0. The van der Waals surface area contributed by atoms with Gasteiger partial charge in [0.25, 0.3) is 0 Å². The smallest absolute Gasteiger partial charge is 0.0715 e. The highest BCUT2D eigenvalue weighted by molar-refractivity contribution is 5.78. The van der Waals surface area contributed by atoms with Crippen molar-refractivity contribution in [1.82, 2.24) is 4.98 Å². The maximum absolute atomic E-state index is 5.11. The molecule has 202 valence electrons. The average Bonchev–Trinajstić information content (AvgIpc) is 2.98. The van der Waals surface area contributed by atoms with Crippen molar-refractivity contribution in [1.29, 1.82) is 0 Å². The normalized spacial score (nSPS) is 11.6. The van der Waals surface area contributed by atoms with Gasteiger partial charge in [-0.25, -0.2) is 4.98 Å². The zero-order chi connectivity index (χ0) is 28.1. The quantitative estimate of drug-likeness (QED) is 0.209. The van der Waals surface area contributed by atoms with Crippen molar-refractivity contribution in [2.45, 2.75) is 19.4 Å². The van der Waals surface area contributed by atoms with Crippen LogP contribution in [-0.4, -0.2) is 39.2 Å². The molecule has 0 radical (unpaired) electrons. The van der Waals surface area contributed by atoms with E-state index in [4.69, 9.17) is 4.98 Å². The van der Waals surface area contributed by atoms with Gasteiger partial charge in [-0.1, -0.05) is 66.7 Å². The maximum atomic E-state index is 5.11. The number of benzene rings is 4. The number of aromatic nitrogens is 1. The molecule has 4 heteroatoms. The van der Waals surface area contributed by atoms with E-state index in [9.17, 15) is 0 Å². The molecule has 0 amide bonds. The topological polar surface area (TPSA) is 31.4 Å². The third kappa shape index (κ3) is 6.52. The molecule has 0 aliphatic heterocycles. The standard InChI is InChI=1S/C36H38N4/c1-26(23-27-9-7-6-8-10-27)37-32-17-11-28(12-18-32)31-24-35(29-13-19-33(20-14-29)39(2)3)38-36(25-31)30-15-21-34(22-16-30)40(4)5/h6-22,24-26,37H,23H2,1-5H3. The summed E-state index contributed by atoms with van der Waals surface area (Å²) in [6.07, 6.45) is 0.985. The Kier molecular flexibility index (Phi) is 8.16. The van der Waals surface area contributed by atoms with Crippen molar-refractivity contribution in [2.24, 2.45) is 0 Å². The van der Waals surface area contributed by atoms with Gasteiger partial charge >= 0.3 is 0 Å². The molecule has 5 rings (SSSR count). The fourth-order valence-electron chi connectivity index (χ4n) is 4.92. The molecule has 1 atom stereocenters. The number of hydrogen-bond acceptors (Lipinski definition) is 4. The van der Waals surface area contributed by atoms with Crippen LogP contribution in [0.15, 0.2) is 115 Å². The van der Waals surface area contributed by atoms with Gasteiger partial charge < -0.3 is 15.1 Å². The summed E-state index contributed by atoms with van der Waals surface area (Å²) in [5.41, 5.74) is 11.3. The van der Waals surface area contributed by atoms with Gasteiger partial charge in [-0.3, -0.25) is 0 Å². The van der Waals surface area contributed by atoms with E-state index in [0.29, 0.717) is 6.04 Å². The first-order valence-corrected chi connectivity index (χ1v) is 13.8. The molecule has 1 unspecified atom stereocenters. The molecule has 4 nitrogen and oxygen atoms in total. The maximum Gasteiger partial charge on any atom is 0.0715 e. The summed E-state index contributed by atoms with van der Waals surface area (Å²) in [5.74, 6) is 0. The van der Waals surface area contributed by atoms with Gasteiger partial charge in [-0.15, -0.1) is 0 Å². The van der Waals surface area contributed by atoms with Crippen LogP contribution in [0.1, 0.15) is 12.5 Å². The van der Waals surface area contributed by atoms with E-state index in [1.165, 1.54) is 22.5 Å². The summed E-state index contributed by atoms with van der Waals surface area (Å²) in [6.45, 7) is 2.23. The highest BCUT2D eigenvalue weighted by Gasteiger charge is 2.11. The minimum absolute atomic E-state index is 0.336. The van der Waals surface area contributed by atoms with E-state index in [0.717, 1.165) is 40.2 Å². The fraction of sp³-hybridized carbons (Fsp3) is 0.194. The first-order chi connectivity index (χ1) is 19.4. The van der Waals surface area contributed by atoms with Gasteiger partial charge in [0.05, 0.1) is 11.4 Å². The third-order valence-electron chi connectivity index (χ3n) is 7.20. The predicted molar refractivity (Wildman–Crippen MR) is 172 cm³/mol. The van der Waals surface area contributed by atoms with Gasteiger partial charge in [-0.2, -0.15) is 0 Å². The lowest BCUT2D eigenvalue weighted by molar-refractivity contribution is 0.790. The zero-order valence-corrected chi connectivity index (χ0v) is 24.1. The highest BCUT2D eigenvalue weighted by Crippen LogP contribution is 2.32. The predicted octanol–water partition coefficient (Wildman–Crippen LogP) is 8.26. The van der Waals surface area contributed by atoms with Crippen LogP contribution in [-0.2, 0) is 6.42 Å². The second-order valence-corrected chi connectivity index (χ2v) is 10.8. The van der Waals surface area contributed by atoms with Crippen LogP contribution in [0.5, 0.6) is 0 Å². The second-order valence-electron chi connectivity index (χ2n) is 10.8. The zero-order valence-electron chi connectivity index (χ0n) is 24.1. The lowest BCUT2D eigenvalue weighted by Crippen LogP contribution is -2.17. The second kappa shape index (κ2) is 12.1. The molecule has 0 fully saturated rings. The number of nitrogens with zero attached hydrogens (tertiary/aromatic N) is 3. The summed E-state index contributed by atoms with van der Waals surface area (Å²) in [4.78, 5) is 9.33. The SMILES string of the molecule is CC(Cc1ccccc1)Nc1ccc(-c2cc(-c3ccc(N(C)C)cc3)nc(-c3ccc(N(C)C)cc3)c2)cc1. The van der Waals surface area contributed by atoms with Gasteiger partial charge in [-0.05, 0) is 78.6 Å². The third-order valence-corrected chi connectivity index (χ3v) is 7.20. The Labute approximate surface area is 239 Å². The van der Waals surface area contributed by atoms with E-state index < -0.39 is 0 Å². The monoisotopic (exact) mass is 526 g/mol. The van der Waals surface area contributed by atoms with Crippen molar-refractivity contribution in [2.75, 3.05) is 43.3 Å². The molecule has 1 aromatic heterocycles. The molecule has 0 bridgehead atoms. The van der Waals surface area contributed by atoms with Crippen LogP contribution in [0.25, 0.3) is 33.6 Å². The number of hydrogen-bond donors (Lipinski definition) is 1. The lowest BCUT2D eigenvalue weighted by Gasteiger charge is -2.16. The van der Waals surface area contributed by atoms with Crippen LogP contribution in [0.2, 0.25) is 0 Å². The molecule has 1 N–H and O–H groups in total. The first-order valence-electron chi connectivity index (χ1n) is 13.8. The Morgan fingerprint density at radius 2 is 1.05 bits per heavy atom. The van der Waals surface area contributed by atoms with Crippen LogP contribution < -0.4 is 15.1 Å². The number of pyridine rings is 1. The molecule has 4 aromatic carbocycles. The van der Waals surface area contributed by atoms with Gasteiger partial charge in [0.2, 0.25) is 0 Å². The van der Waals surface area contributed by atoms with E-state index in [1.54, 1.807) is 0 Å². The Morgan fingerprint density at radius 3 is 1.52 bits per heavy atom. The van der Waals surface area contributed by atoms with Gasteiger partial charge in [0.15, 0.2) is 0 Å². The molecule has 1 heterocycles. The van der Waals surface area contributed by atoms with Crippen LogP contribution >= 0.6 is 0 Å². The van der Waals surface area contributed by atoms with Crippen molar-refractivity contribution in [3.8, 4) is 33.6 Å². The molecule has 0 saturated heterocycles. The van der Waals surface area contributed by atoms with E-state index in [-0.39, 0.29) is 0 Å².